The molecule has 2 aromatic carbocycles. The van der Waals surface area contributed by atoms with Crippen LogP contribution < -0.4 is 5.32 Å². The van der Waals surface area contributed by atoms with Gasteiger partial charge < -0.3 is 5.32 Å². The molecule has 0 spiro atoms. The predicted octanol–water partition coefficient (Wildman–Crippen LogP) is 5.21. The van der Waals surface area contributed by atoms with Gasteiger partial charge in [0.25, 0.3) is 5.91 Å². The van der Waals surface area contributed by atoms with Gasteiger partial charge in [0, 0.05) is 22.3 Å². The SMILES string of the molecule is Cc1ccc(SCc2ccc(C(=O)NC3CC4CCC3C4)cc2)cc1. The van der Waals surface area contributed by atoms with Gasteiger partial charge in [-0.15, -0.1) is 11.8 Å². The van der Waals surface area contributed by atoms with Gasteiger partial charge in [-0.05, 0) is 67.9 Å². The number of benzene rings is 2. The Morgan fingerprint density at radius 3 is 2.44 bits per heavy atom. The number of aryl methyl sites for hydroxylation is 1. The van der Waals surface area contributed by atoms with Crippen molar-refractivity contribution in [3.8, 4) is 0 Å². The first-order valence-corrected chi connectivity index (χ1v) is 10.3. The van der Waals surface area contributed by atoms with Crippen molar-refractivity contribution in [3.05, 3.63) is 65.2 Å². The Kier molecular flexibility index (Phi) is 4.85. The molecular formula is C22H25NOS. The van der Waals surface area contributed by atoms with Crippen molar-refractivity contribution in [2.24, 2.45) is 11.8 Å². The molecule has 2 aliphatic carbocycles. The molecule has 0 aliphatic heterocycles. The van der Waals surface area contributed by atoms with E-state index >= 15 is 0 Å². The molecule has 1 amide bonds. The molecule has 0 radical (unpaired) electrons. The first kappa shape index (κ1) is 16.7. The zero-order valence-electron chi connectivity index (χ0n) is 14.7. The van der Waals surface area contributed by atoms with Crippen molar-refractivity contribution in [2.75, 3.05) is 0 Å². The molecule has 2 aliphatic rings. The lowest BCUT2D eigenvalue weighted by atomic mass is 9.95. The van der Waals surface area contributed by atoms with Crippen molar-refractivity contribution < 1.29 is 4.79 Å². The van der Waals surface area contributed by atoms with E-state index in [0.29, 0.717) is 6.04 Å². The maximum absolute atomic E-state index is 12.5. The minimum atomic E-state index is 0.0929. The van der Waals surface area contributed by atoms with E-state index in [1.165, 1.54) is 41.7 Å². The predicted molar refractivity (Wildman–Crippen MR) is 104 cm³/mol. The zero-order valence-corrected chi connectivity index (χ0v) is 15.5. The minimum Gasteiger partial charge on any atom is -0.349 e. The van der Waals surface area contributed by atoms with Crippen molar-refractivity contribution in [1.82, 2.24) is 5.32 Å². The lowest BCUT2D eigenvalue weighted by Gasteiger charge is -2.22. The highest BCUT2D eigenvalue weighted by Gasteiger charge is 2.40. The standard InChI is InChI=1S/C22H25NOS/c1-15-2-10-20(11-3-15)25-14-16-4-7-18(8-5-16)22(24)23-21-13-17-6-9-19(21)12-17/h2-5,7-8,10-11,17,19,21H,6,9,12-14H2,1H3,(H,23,24). The van der Waals surface area contributed by atoms with Crippen LogP contribution in [0.25, 0.3) is 0 Å². The van der Waals surface area contributed by atoms with E-state index < -0.39 is 0 Å². The highest BCUT2D eigenvalue weighted by molar-refractivity contribution is 7.98. The van der Waals surface area contributed by atoms with Crippen molar-refractivity contribution in [1.29, 1.82) is 0 Å². The van der Waals surface area contributed by atoms with E-state index in [0.717, 1.165) is 23.2 Å². The molecule has 2 saturated carbocycles. The van der Waals surface area contributed by atoms with Gasteiger partial charge in [0.05, 0.1) is 0 Å². The number of hydrogen-bond acceptors (Lipinski definition) is 2. The summed E-state index contributed by atoms with van der Waals surface area (Å²) in [5, 5.41) is 3.27. The molecule has 4 rings (SSSR count). The molecular weight excluding hydrogens is 326 g/mol. The molecule has 0 saturated heterocycles. The zero-order chi connectivity index (χ0) is 17.2. The van der Waals surface area contributed by atoms with Gasteiger partial charge in [-0.1, -0.05) is 36.2 Å². The van der Waals surface area contributed by atoms with Gasteiger partial charge in [0.1, 0.15) is 0 Å². The molecule has 3 unspecified atom stereocenters. The smallest absolute Gasteiger partial charge is 0.251 e. The summed E-state index contributed by atoms with van der Waals surface area (Å²) >= 11 is 1.83. The molecule has 0 aromatic heterocycles. The Bertz CT molecular complexity index is 738. The molecule has 3 heteroatoms. The molecule has 3 atom stereocenters. The quantitative estimate of drug-likeness (QED) is 0.750. The Labute approximate surface area is 154 Å². The third-order valence-corrected chi connectivity index (χ3v) is 6.78. The number of rotatable bonds is 5. The summed E-state index contributed by atoms with van der Waals surface area (Å²) in [6.07, 6.45) is 5.16. The number of amides is 1. The fourth-order valence-electron chi connectivity index (χ4n) is 4.23. The van der Waals surface area contributed by atoms with Crippen molar-refractivity contribution in [3.63, 3.8) is 0 Å². The van der Waals surface area contributed by atoms with E-state index in [4.69, 9.17) is 0 Å². The lowest BCUT2D eigenvalue weighted by molar-refractivity contribution is 0.0923. The number of hydrogen-bond donors (Lipinski definition) is 1. The fourth-order valence-corrected chi connectivity index (χ4v) is 5.08. The third kappa shape index (κ3) is 3.92. The second-order valence-corrected chi connectivity index (χ2v) is 8.60. The highest BCUT2D eigenvalue weighted by atomic mass is 32.2. The first-order chi connectivity index (χ1) is 12.2. The lowest BCUT2D eigenvalue weighted by Crippen LogP contribution is -2.38. The van der Waals surface area contributed by atoms with Gasteiger partial charge in [-0.25, -0.2) is 0 Å². The number of carbonyl (C=O) groups is 1. The van der Waals surface area contributed by atoms with Crippen LogP contribution in [0.1, 0.15) is 47.2 Å². The second-order valence-electron chi connectivity index (χ2n) is 7.55. The molecule has 130 valence electrons. The van der Waals surface area contributed by atoms with Crippen LogP contribution in [0.5, 0.6) is 0 Å². The molecule has 1 N–H and O–H groups in total. The Morgan fingerprint density at radius 2 is 1.80 bits per heavy atom. The molecule has 2 fully saturated rings. The third-order valence-electron chi connectivity index (χ3n) is 5.70. The summed E-state index contributed by atoms with van der Waals surface area (Å²) in [5.74, 6) is 2.60. The molecule has 25 heavy (non-hydrogen) atoms. The number of nitrogens with one attached hydrogen (secondary N) is 1. The van der Waals surface area contributed by atoms with Crippen LogP contribution in [-0.2, 0) is 5.75 Å². The largest absolute Gasteiger partial charge is 0.349 e. The number of carbonyl (C=O) groups excluding carboxylic acids is 1. The van der Waals surface area contributed by atoms with Crippen LogP contribution in [0.2, 0.25) is 0 Å². The van der Waals surface area contributed by atoms with Gasteiger partial charge >= 0.3 is 0 Å². The summed E-state index contributed by atoms with van der Waals surface area (Å²) in [5.41, 5.74) is 3.32. The van der Waals surface area contributed by atoms with Crippen LogP contribution in [0.3, 0.4) is 0 Å². The van der Waals surface area contributed by atoms with E-state index in [9.17, 15) is 4.79 Å². The minimum absolute atomic E-state index is 0.0929. The van der Waals surface area contributed by atoms with Crippen molar-refractivity contribution >= 4 is 17.7 Å². The second kappa shape index (κ2) is 7.25. The van der Waals surface area contributed by atoms with Crippen molar-refractivity contribution in [2.45, 2.75) is 49.3 Å². The highest BCUT2D eigenvalue weighted by Crippen LogP contribution is 2.44. The van der Waals surface area contributed by atoms with Gasteiger partial charge in [0.15, 0.2) is 0 Å². The summed E-state index contributed by atoms with van der Waals surface area (Å²) in [6.45, 7) is 2.11. The van der Waals surface area contributed by atoms with E-state index in [-0.39, 0.29) is 5.91 Å². The monoisotopic (exact) mass is 351 g/mol. The fraction of sp³-hybridized carbons (Fsp3) is 0.409. The average molecular weight is 352 g/mol. The van der Waals surface area contributed by atoms with E-state index in [2.05, 4.69) is 48.6 Å². The topological polar surface area (TPSA) is 29.1 Å². The normalized spacial score (nSPS) is 24.4. The summed E-state index contributed by atoms with van der Waals surface area (Å²) in [4.78, 5) is 13.8. The van der Waals surface area contributed by atoms with Gasteiger partial charge in [-0.2, -0.15) is 0 Å². The summed E-state index contributed by atoms with van der Waals surface area (Å²) in [6, 6.07) is 17.1. The van der Waals surface area contributed by atoms with Gasteiger partial charge in [-0.3, -0.25) is 4.79 Å². The van der Waals surface area contributed by atoms with Crippen LogP contribution in [0, 0.1) is 18.8 Å². The molecule has 2 aromatic rings. The van der Waals surface area contributed by atoms with E-state index in [1.807, 2.05) is 23.9 Å². The number of thioether (sulfide) groups is 1. The molecule has 2 bridgehead atoms. The molecule has 0 heterocycles. The summed E-state index contributed by atoms with van der Waals surface area (Å²) in [7, 11) is 0. The average Bonchev–Trinajstić information content (AvgIpc) is 3.25. The Balaban J connectivity index is 1.31. The van der Waals surface area contributed by atoms with Gasteiger partial charge in [0.2, 0.25) is 0 Å². The van der Waals surface area contributed by atoms with Crippen LogP contribution in [-0.4, -0.2) is 11.9 Å². The molecule has 2 nitrogen and oxygen atoms in total. The Hall–Kier alpha value is -1.74. The van der Waals surface area contributed by atoms with Crippen LogP contribution >= 0.6 is 11.8 Å². The summed E-state index contributed by atoms with van der Waals surface area (Å²) < 4.78 is 0. The maximum Gasteiger partial charge on any atom is 0.251 e. The van der Waals surface area contributed by atoms with Crippen LogP contribution in [0.15, 0.2) is 53.4 Å². The maximum atomic E-state index is 12.5. The Morgan fingerprint density at radius 1 is 1.04 bits per heavy atom. The van der Waals surface area contributed by atoms with Crippen LogP contribution in [0.4, 0.5) is 0 Å². The number of fused-ring (bicyclic) bond motifs is 2. The van der Waals surface area contributed by atoms with E-state index in [1.54, 1.807) is 0 Å². The first-order valence-electron chi connectivity index (χ1n) is 9.26.